The first-order valence-corrected chi connectivity index (χ1v) is 7.85. The van der Waals surface area contributed by atoms with E-state index in [4.69, 9.17) is 5.73 Å². The normalized spacial score (nSPS) is 16.7. The van der Waals surface area contributed by atoms with E-state index in [9.17, 15) is 9.59 Å². The van der Waals surface area contributed by atoms with Gasteiger partial charge in [0, 0.05) is 45.2 Å². The van der Waals surface area contributed by atoms with Crippen LogP contribution in [0.3, 0.4) is 0 Å². The van der Waals surface area contributed by atoms with Gasteiger partial charge in [-0.05, 0) is 25.7 Å². The minimum Gasteiger partial charge on any atom is -0.354 e. The van der Waals surface area contributed by atoms with Crippen molar-refractivity contribution in [2.45, 2.75) is 45.1 Å². The third-order valence-corrected chi connectivity index (χ3v) is 4.54. The van der Waals surface area contributed by atoms with Gasteiger partial charge in [0.2, 0.25) is 5.91 Å². The molecule has 21 heavy (non-hydrogen) atoms. The number of hydrogen-bond acceptors (Lipinski definition) is 3. The fourth-order valence-corrected chi connectivity index (χ4v) is 2.52. The molecule has 1 rings (SSSR count). The second-order valence-electron chi connectivity index (χ2n) is 6.23. The van der Waals surface area contributed by atoms with E-state index < -0.39 is 0 Å². The lowest BCUT2D eigenvalue weighted by atomic mass is 9.92. The summed E-state index contributed by atoms with van der Waals surface area (Å²) in [7, 11) is 3.49. The number of likely N-dealkylation sites (tertiary alicyclic amines) is 1. The standard InChI is InChI=1S/C15H30N4O2/c1-5-15(16,6-2)11-17-13(20)12-7-9-19(10-8-12)14(21)18(3)4/h12H,5-11,16H2,1-4H3,(H,17,20). The predicted molar refractivity (Wildman–Crippen MR) is 83.9 cm³/mol. The van der Waals surface area contributed by atoms with Crippen LogP contribution in [0.4, 0.5) is 4.79 Å². The molecule has 6 nitrogen and oxygen atoms in total. The van der Waals surface area contributed by atoms with Crippen molar-refractivity contribution in [3.63, 3.8) is 0 Å². The fraction of sp³-hybridized carbons (Fsp3) is 0.867. The van der Waals surface area contributed by atoms with Gasteiger partial charge in [0.05, 0.1) is 0 Å². The van der Waals surface area contributed by atoms with Gasteiger partial charge in [-0.2, -0.15) is 0 Å². The van der Waals surface area contributed by atoms with Crippen LogP contribution in [-0.2, 0) is 4.79 Å². The van der Waals surface area contributed by atoms with E-state index in [1.54, 1.807) is 23.9 Å². The van der Waals surface area contributed by atoms with Crippen molar-refractivity contribution in [1.29, 1.82) is 0 Å². The highest BCUT2D eigenvalue weighted by molar-refractivity contribution is 5.79. The number of nitrogens with zero attached hydrogens (tertiary/aromatic N) is 2. The Morgan fingerprint density at radius 1 is 1.24 bits per heavy atom. The molecule has 3 N–H and O–H groups in total. The molecule has 1 fully saturated rings. The average Bonchev–Trinajstić information content (AvgIpc) is 2.51. The molecular weight excluding hydrogens is 268 g/mol. The largest absolute Gasteiger partial charge is 0.354 e. The van der Waals surface area contributed by atoms with Crippen LogP contribution in [0, 0.1) is 5.92 Å². The van der Waals surface area contributed by atoms with Crippen LogP contribution in [0.1, 0.15) is 39.5 Å². The third kappa shape index (κ3) is 4.88. The maximum atomic E-state index is 12.2. The van der Waals surface area contributed by atoms with Crippen LogP contribution in [0.25, 0.3) is 0 Å². The molecular formula is C15H30N4O2. The van der Waals surface area contributed by atoms with E-state index in [-0.39, 0.29) is 23.4 Å². The number of nitrogens with one attached hydrogen (secondary N) is 1. The number of piperidine rings is 1. The van der Waals surface area contributed by atoms with Crippen LogP contribution in [0.5, 0.6) is 0 Å². The Morgan fingerprint density at radius 3 is 2.19 bits per heavy atom. The molecule has 0 bridgehead atoms. The maximum absolute atomic E-state index is 12.2. The topological polar surface area (TPSA) is 78.7 Å². The molecule has 3 amide bonds. The molecule has 122 valence electrons. The SMILES string of the molecule is CCC(N)(CC)CNC(=O)C1CCN(C(=O)N(C)C)CC1. The molecule has 0 aliphatic carbocycles. The molecule has 1 aliphatic heterocycles. The zero-order chi connectivity index (χ0) is 16.0. The van der Waals surface area contributed by atoms with Gasteiger partial charge in [-0.3, -0.25) is 4.79 Å². The second kappa shape index (κ2) is 7.64. The van der Waals surface area contributed by atoms with Crippen molar-refractivity contribution in [3.8, 4) is 0 Å². The van der Waals surface area contributed by atoms with Gasteiger partial charge in [-0.25, -0.2) is 4.79 Å². The van der Waals surface area contributed by atoms with Crippen molar-refractivity contribution in [2.24, 2.45) is 11.7 Å². The number of rotatable bonds is 5. The van der Waals surface area contributed by atoms with Gasteiger partial charge in [0.25, 0.3) is 0 Å². The van der Waals surface area contributed by atoms with Gasteiger partial charge in [0.15, 0.2) is 0 Å². The summed E-state index contributed by atoms with van der Waals surface area (Å²) in [6, 6.07) is 0.0202. The molecule has 0 unspecified atom stereocenters. The fourth-order valence-electron chi connectivity index (χ4n) is 2.52. The highest BCUT2D eigenvalue weighted by Crippen LogP contribution is 2.18. The molecule has 0 atom stereocenters. The lowest BCUT2D eigenvalue weighted by molar-refractivity contribution is -0.126. The van der Waals surface area contributed by atoms with Crippen molar-refractivity contribution in [1.82, 2.24) is 15.1 Å². The van der Waals surface area contributed by atoms with Gasteiger partial charge in [-0.1, -0.05) is 13.8 Å². The summed E-state index contributed by atoms with van der Waals surface area (Å²) in [6.45, 7) is 5.90. The number of amides is 3. The summed E-state index contributed by atoms with van der Waals surface area (Å²) in [5.41, 5.74) is 5.89. The van der Waals surface area contributed by atoms with E-state index in [0.717, 1.165) is 25.7 Å². The quantitative estimate of drug-likeness (QED) is 0.795. The molecule has 0 aromatic heterocycles. The number of carbonyl (C=O) groups is 2. The van der Waals surface area contributed by atoms with E-state index in [2.05, 4.69) is 5.32 Å². The van der Waals surface area contributed by atoms with Crippen LogP contribution < -0.4 is 11.1 Å². The zero-order valence-electron chi connectivity index (χ0n) is 13.8. The van der Waals surface area contributed by atoms with Crippen LogP contribution >= 0.6 is 0 Å². The number of urea groups is 1. The van der Waals surface area contributed by atoms with Gasteiger partial charge in [0.1, 0.15) is 0 Å². The van der Waals surface area contributed by atoms with Crippen LogP contribution in [-0.4, -0.2) is 61.0 Å². The lowest BCUT2D eigenvalue weighted by Crippen LogP contribution is -2.51. The first kappa shape index (κ1) is 17.8. The Hall–Kier alpha value is -1.30. The Kier molecular flexibility index (Phi) is 6.45. The average molecular weight is 298 g/mol. The molecule has 0 saturated carbocycles. The van der Waals surface area contributed by atoms with E-state index in [0.29, 0.717) is 19.6 Å². The summed E-state index contributed by atoms with van der Waals surface area (Å²) in [4.78, 5) is 27.4. The first-order chi connectivity index (χ1) is 9.83. The summed E-state index contributed by atoms with van der Waals surface area (Å²) in [6.07, 6.45) is 3.14. The Balaban J connectivity index is 2.40. The molecule has 1 aliphatic rings. The van der Waals surface area contributed by atoms with Gasteiger partial charge >= 0.3 is 6.03 Å². The highest BCUT2D eigenvalue weighted by atomic mass is 16.2. The third-order valence-electron chi connectivity index (χ3n) is 4.54. The Labute approximate surface area is 128 Å². The van der Waals surface area contributed by atoms with Gasteiger partial charge in [-0.15, -0.1) is 0 Å². The molecule has 0 spiro atoms. The first-order valence-electron chi connectivity index (χ1n) is 7.85. The molecule has 0 radical (unpaired) electrons. The van der Waals surface area contributed by atoms with Crippen molar-refractivity contribution in [2.75, 3.05) is 33.7 Å². The van der Waals surface area contributed by atoms with Crippen molar-refractivity contribution >= 4 is 11.9 Å². The van der Waals surface area contributed by atoms with E-state index in [1.165, 1.54) is 0 Å². The molecule has 1 saturated heterocycles. The molecule has 6 heteroatoms. The molecule has 1 heterocycles. The smallest absolute Gasteiger partial charge is 0.319 e. The van der Waals surface area contributed by atoms with E-state index >= 15 is 0 Å². The number of hydrogen-bond donors (Lipinski definition) is 2. The summed E-state index contributed by atoms with van der Waals surface area (Å²) >= 11 is 0. The Bertz CT molecular complexity index is 359. The highest BCUT2D eigenvalue weighted by Gasteiger charge is 2.29. The van der Waals surface area contributed by atoms with Crippen LogP contribution in [0.15, 0.2) is 0 Å². The molecule has 0 aromatic rings. The summed E-state index contributed by atoms with van der Waals surface area (Å²) < 4.78 is 0. The lowest BCUT2D eigenvalue weighted by Gasteiger charge is -2.34. The number of carbonyl (C=O) groups excluding carboxylic acids is 2. The maximum Gasteiger partial charge on any atom is 0.319 e. The predicted octanol–water partition coefficient (Wildman–Crippen LogP) is 1.01. The second-order valence-corrected chi connectivity index (χ2v) is 6.23. The van der Waals surface area contributed by atoms with Crippen molar-refractivity contribution < 1.29 is 9.59 Å². The minimum atomic E-state index is -0.308. The van der Waals surface area contributed by atoms with Gasteiger partial charge < -0.3 is 20.9 Å². The number of nitrogens with two attached hydrogens (primary N) is 1. The van der Waals surface area contributed by atoms with E-state index in [1.807, 2.05) is 13.8 Å². The van der Waals surface area contributed by atoms with Crippen molar-refractivity contribution in [3.05, 3.63) is 0 Å². The van der Waals surface area contributed by atoms with Crippen LogP contribution in [0.2, 0.25) is 0 Å². The minimum absolute atomic E-state index is 0.00539. The zero-order valence-corrected chi connectivity index (χ0v) is 13.8. The summed E-state index contributed by atoms with van der Waals surface area (Å²) in [5.74, 6) is 0.0675. The summed E-state index contributed by atoms with van der Waals surface area (Å²) in [5, 5.41) is 2.98. The molecule has 0 aromatic carbocycles. The Morgan fingerprint density at radius 2 is 1.76 bits per heavy atom. The monoisotopic (exact) mass is 298 g/mol.